The molecule has 0 bridgehead atoms. The average molecular weight is 295 g/mol. The van der Waals surface area contributed by atoms with Gasteiger partial charge in [-0.1, -0.05) is 11.6 Å². The normalized spacial score (nSPS) is 21.9. The van der Waals surface area contributed by atoms with Gasteiger partial charge in [0.25, 0.3) is 5.91 Å². The van der Waals surface area contributed by atoms with E-state index in [1.54, 1.807) is 4.90 Å². The Hall–Kier alpha value is -1.69. The van der Waals surface area contributed by atoms with Gasteiger partial charge in [0.05, 0.1) is 0 Å². The van der Waals surface area contributed by atoms with Gasteiger partial charge in [-0.2, -0.15) is 0 Å². The van der Waals surface area contributed by atoms with Crippen LogP contribution in [0, 0.1) is 0 Å². The topological polar surface area (TPSA) is 75.2 Å². The summed E-state index contributed by atoms with van der Waals surface area (Å²) >= 11 is 5.66. The highest BCUT2D eigenvalue weighted by atomic mass is 35.5. The standard InChI is InChI=1S/C13H15ClN4O2/c14-11-6-5-9(16-17-11)13(20)18-7-1-2-10(18)12(19)15-8-3-4-8/h5-6,8,10H,1-4,7H2,(H,15,19). The molecule has 2 fully saturated rings. The molecule has 2 amide bonds. The molecule has 1 atom stereocenters. The first-order valence-electron chi connectivity index (χ1n) is 6.76. The number of carbonyl (C=O) groups excluding carboxylic acids is 2. The van der Waals surface area contributed by atoms with E-state index >= 15 is 0 Å². The Bertz CT molecular complexity index is 530. The zero-order chi connectivity index (χ0) is 14.1. The van der Waals surface area contributed by atoms with Crippen molar-refractivity contribution in [2.24, 2.45) is 0 Å². The van der Waals surface area contributed by atoms with Gasteiger partial charge in [0.2, 0.25) is 5.91 Å². The molecule has 0 radical (unpaired) electrons. The van der Waals surface area contributed by atoms with Crippen molar-refractivity contribution < 1.29 is 9.59 Å². The first-order chi connectivity index (χ1) is 9.65. The fourth-order valence-corrected chi connectivity index (χ4v) is 2.49. The SMILES string of the molecule is O=C(NC1CC1)C1CCCN1C(=O)c1ccc(Cl)nn1. The Labute approximate surface area is 121 Å². The summed E-state index contributed by atoms with van der Waals surface area (Å²) < 4.78 is 0. The van der Waals surface area contributed by atoms with E-state index in [1.165, 1.54) is 12.1 Å². The van der Waals surface area contributed by atoms with Gasteiger partial charge in [0.15, 0.2) is 10.8 Å². The lowest BCUT2D eigenvalue weighted by Crippen LogP contribution is -2.46. The lowest BCUT2D eigenvalue weighted by molar-refractivity contribution is -0.125. The van der Waals surface area contributed by atoms with Gasteiger partial charge in [-0.25, -0.2) is 0 Å². The lowest BCUT2D eigenvalue weighted by atomic mass is 10.2. The molecule has 2 aliphatic rings. The molecular weight excluding hydrogens is 280 g/mol. The average Bonchev–Trinajstić information content (AvgIpc) is 3.11. The van der Waals surface area contributed by atoms with Crippen LogP contribution in [-0.4, -0.2) is 45.5 Å². The number of rotatable bonds is 3. The highest BCUT2D eigenvalue weighted by Crippen LogP contribution is 2.23. The summed E-state index contributed by atoms with van der Waals surface area (Å²) in [5.41, 5.74) is 0.223. The first kappa shape index (κ1) is 13.3. The maximum absolute atomic E-state index is 12.4. The van der Waals surface area contributed by atoms with Gasteiger partial charge in [-0.15, -0.1) is 10.2 Å². The highest BCUT2D eigenvalue weighted by molar-refractivity contribution is 6.29. The van der Waals surface area contributed by atoms with Crippen molar-refractivity contribution in [2.75, 3.05) is 6.54 Å². The number of nitrogens with one attached hydrogen (secondary N) is 1. The molecule has 7 heteroatoms. The van der Waals surface area contributed by atoms with Crippen LogP contribution in [0.1, 0.15) is 36.2 Å². The second-order valence-electron chi connectivity index (χ2n) is 5.18. The monoisotopic (exact) mass is 294 g/mol. The van der Waals surface area contributed by atoms with Gasteiger partial charge >= 0.3 is 0 Å². The lowest BCUT2D eigenvalue weighted by Gasteiger charge is -2.23. The summed E-state index contributed by atoms with van der Waals surface area (Å²) in [5, 5.41) is 10.6. The largest absolute Gasteiger partial charge is 0.352 e. The van der Waals surface area contributed by atoms with Crippen LogP contribution in [0.15, 0.2) is 12.1 Å². The maximum atomic E-state index is 12.4. The number of likely N-dealkylation sites (tertiary alicyclic amines) is 1. The fraction of sp³-hybridized carbons (Fsp3) is 0.538. The second kappa shape index (κ2) is 5.36. The van der Waals surface area contributed by atoms with Crippen LogP contribution < -0.4 is 5.32 Å². The van der Waals surface area contributed by atoms with Crippen molar-refractivity contribution in [3.05, 3.63) is 23.0 Å². The van der Waals surface area contributed by atoms with E-state index in [9.17, 15) is 9.59 Å². The molecule has 1 saturated carbocycles. The number of halogens is 1. The van der Waals surface area contributed by atoms with Crippen LogP contribution in [0.25, 0.3) is 0 Å². The molecule has 1 aromatic heterocycles. The molecule has 1 N–H and O–H groups in total. The predicted octanol–water partition coefficient (Wildman–Crippen LogP) is 1.01. The molecular formula is C13H15ClN4O2. The fourth-order valence-electron chi connectivity index (χ4n) is 2.38. The number of hydrogen-bond donors (Lipinski definition) is 1. The molecule has 106 valence electrons. The van der Waals surface area contributed by atoms with Crippen LogP contribution in [0.2, 0.25) is 5.15 Å². The molecule has 1 aliphatic carbocycles. The van der Waals surface area contributed by atoms with Gasteiger partial charge < -0.3 is 10.2 Å². The minimum atomic E-state index is -0.388. The van der Waals surface area contributed by atoms with Crippen LogP contribution >= 0.6 is 11.6 Å². The summed E-state index contributed by atoms with van der Waals surface area (Å²) in [6.45, 7) is 0.575. The van der Waals surface area contributed by atoms with Crippen LogP contribution in [0.4, 0.5) is 0 Å². The molecule has 0 aromatic carbocycles. The van der Waals surface area contributed by atoms with Gasteiger partial charge in [0, 0.05) is 12.6 Å². The molecule has 1 aliphatic heterocycles. The maximum Gasteiger partial charge on any atom is 0.275 e. The summed E-state index contributed by atoms with van der Waals surface area (Å²) in [7, 11) is 0. The van der Waals surface area contributed by atoms with E-state index in [2.05, 4.69) is 15.5 Å². The minimum Gasteiger partial charge on any atom is -0.352 e. The Kier molecular flexibility index (Phi) is 3.56. The van der Waals surface area contributed by atoms with E-state index in [4.69, 9.17) is 11.6 Å². The van der Waals surface area contributed by atoms with Crippen molar-refractivity contribution >= 4 is 23.4 Å². The summed E-state index contributed by atoms with van der Waals surface area (Å²) in [4.78, 5) is 26.1. The van der Waals surface area contributed by atoms with Crippen molar-refractivity contribution in [3.63, 3.8) is 0 Å². The smallest absolute Gasteiger partial charge is 0.275 e. The van der Waals surface area contributed by atoms with Crippen LogP contribution in [0.5, 0.6) is 0 Å². The summed E-state index contributed by atoms with van der Waals surface area (Å²) in [6, 6.07) is 2.97. The quantitative estimate of drug-likeness (QED) is 0.903. The number of aromatic nitrogens is 2. The molecule has 3 rings (SSSR count). The molecule has 2 heterocycles. The second-order valence-corrected chi connectivity index (χ2v) is 5.57. The molecule has 6 nitrogen and oxygen atoms in total. The first-order valence-corrected chi connectivity index (χ1v) is 7.13. The number of hydrogen-bond acceptors (Lipinski definition) is 4. The van der Waals surface area contributed by atoms with Crippen LogP contribution in [0.3, 0.4) is 0 Å². The van der Waals surface area contributed by atoms with Gasteiger partial charge in [-0.3, -0.25) is 9.59 Å². The third-order valence-electron chi connectivity index (χ3n) is 3.59. The third kappa shape index (κ3) is 2.75. The Balaban J connectivity index is 1.72. The van der Waals surface area contributed by atoms with E-state index in [-0.39, 0.29) is 28.7 Å². The molecule has 1 saturated heterocycles. The van der Waals surface area contributed by atoms with E-state index in [0.29, 0.717) is 19.0 Å². The molecule has 1 unspecified atom stereocenters. The van der Waals surface area contributed by atoms with Crippen LogP contribution in [-0.2, 0) is 4.79 Å². The summed E-state index contributed by atoms with van der Waals surface area (Å²) in [5.74, 6) is -0.317. The Morgan fingerprint density at radius 3 is 2.70 bits per heavy atom. The van der Waals surface area contributed by atoms with E-state index < -0.39 is 0 Å². The zero-order valence-corrected chi connectivity index (χ0v) is 11.6. The Morgan fingerprint density at radius 1 is 1.25 bits per heavy atom. The molecule has 1 aromatic rings. The summed E-state index contributed by atoms with van der Waals surface area (Å²) in [6.07, 6.45) is 3.60. The van der Waals surface area contributed by atoms with E-state index in [0.717, 1.165) is 19.3 Å². The van der Waals surface area contributed by atoms with Crippen molar-refractivity contribution in [1.29, 1.82) is 0 Å². The van der Waals surface area contributed by atoms with E-state index in [1.807, 2.05) is 0 Å². The van der Waals surface area contributed by atoms with Crippen molar-refractivity contribution in [2.45, 2.75) is 37.8 Å². The number of carbonyl (C=O) groups is 2. The third-order valence-corrected chi connectivity index (χ3v) is 3.79. The van der Waals surface area contributed by atoms with Gasteiger partial charge in [-0.05, 0) is 37.8 Å². The highest BCUT2D eigenvalue weighted by Gasteiger charge is 2.37. The minimum absolute atomic E-state index is 0.0553. The zero-order valence-electron chi connectivity index (χ0n) is 10.9. The van der Waals surface area contributed by atoms with Gasteiger partial charge in [0.1, 0.15) is 6.04 Å². The van der Waals surface area contributed by atoms with Crippen molar-refractivity contribution in [3.8, 4) is 0 Å². The Morgan fingerprint density at radius 2 is 2.05 bits per heavy atom. The molecule has 0 spiro atoms. The number of amides is 2. The van der Waals surface area contributed by atoms with Crippen molar-refractivity contribution in [1.82, 2.24) is 20.4 Å². The molecule has 20 heavy (non-hydrogen) atoms. The predicted molar refractivity (Wildman–Crippen MR) is 72.3 cm³/mol. The number of nitrogens with zero attached hydrogens (tertiary/aromatic N) is 3.